The van der Waals surface area contributed by atoms with Gasteiger partial charge in [-0.05, 0) is 54.8 Å². The summed E-state index contributed by atoms with van der Waals surface area (Å²) in [5, 5.41) is 3.09. The molecule has 1 saturated carbocycles. The molecule has 0 bridgehead atoms. The van der Waals surface area contributed by atoms with Crippen molar-refractivity contribution < 1.29 is 19.1 Å². The van der Waals surface area contributed by atoms with Gasteiger partial charge in [0.2, 0.25) is 5.91 Å². The number of rotatable bonds is 9. The van der Waals surface area contributed by atoms with Crippen molar-refractivity contribution in [2.75, 3.05) is 12.4 Å². The van der Waals surface area contributed by atoms with Gasteiger partial charge in [-0.15, -0.1) is 0 Å². The number of ether oxygens (including phenoxy) is 2. The maximum atomic E-state index is 14.2. The zero-order valence-electron chi connectivity index (χ0n) is 26.6. The average molecular weight is 533 g/mol. The largest absolute Gasteiger partial charge is 0.482 e. The lowest BCUT2D eigenvalue weighted by Gasteiger charge is -2.50. The summed E-state index contributed by atoms with van der Waals surface area (Å²) in [5.74, 6) is 1.43. The van der Waals surface area contributed by atoms with Crippen LogP contribution in [0.3, 0.4) is 0 Å². The zero-order valence-corrected chi connectivity index (χ0v) is 26.6. The van der Waals surface area contributed by atoms with Crippen molar-refractivity contribution in [3.63, 3.8) is 0 Å². The summed E-state index contributed by atoms with van der Waals surface area (Å²) >= 11 is 0. The van der Waals surface area contributed by atoms with Gasteiger partial charge in [-0.1, -0.05) is 83.1 Å². The van der Waals surface area contributed by atoms with Crippen LogP contribution in [0.5, 0.6) is 5.88 Å². The molecule has 1 amide bonds. The smallest absolute Gasteiger partial charge is 0.342 e. The summed E-state index contributed by atoms with van der Waals surface area (Å²) in [5.41, 5.74) is 0.610. The summed E-state index contributed by atoms with van der Waals surface area (Å²) in [4.78, 5) is 31.0. The Labute approximate surface area is 232 Å². The number of hydrogen-bond acceptors (Lipinski definition) is 4. The Hall–Kier alpha value is -1.98. The van der Waals surface area contributed by atoms with Crippen molar-refractivity contribution in [1.29, 1.82) is 0 Å². The fraction of sp³-hybridized carbons (Fsp3) is 0.812. The Morgan fingerprint density at radius 3 is 1.79 bits per heavy atom. The highest BCUT2D eigenvalue weighted by Gasteiger charge is 2.48. The van der Waals surface area contributed by atoms with Crippen LogP contribution in [0, 0.1) is 34.0 Å². The number of nitrogens with one attached hydrogen (secondary N) is 2. The molecule has 0 aromatic carbocycles. The molecule has 1 fully saturated rings. The van der Waals surface area contributed by atoms with Gasteiger partial charge in [0.15, 0.2) is 5.88 Å². The highest BCUT2D eigenvalue weighted by Crippen LogP contribution is 2.50. The Morgan fingerprint density at radius 1 is 0.947 bits per heavy atom. The van der Waals surface area contributed by atoms with Crippen LogP contribution in [0.4, 0.5) is 5.82 Å². The number of carbonyl (C=O) groups excluding carboxylic acids is 2. The summed E-state index contributed by atoms with van der Waals surface area (Å²) in [6, 6.07) is 0. The molecule has 6 heteroatoms. The highest BCUT2D eigenvalue weighted by molar-refractivity contribution is 6.04. The molecule has 218 valence electrons. The van der Waals surface area contributed by atoms with Crippen molar-refractivity contribution in [3.8, 4) is 5.88 Å². The second-order valence-corrected chi connectivity index (χ2v) is 14.2. The Morgan fingerprint density at radius 2 is 1.42 bits per heavy atom. The van der Waals surface area contributed by atoms with Crippen molar-refractivity contribution >= 4 is 17.7 Å². The molecule has 6 nitrogen and oxygen atoms in total. The first kappa shape index (κ1) is 32.2. The first-order valence-electron chi connectivity index (χ1n) is 14.8. The summed E-state index contributed by atoms with van der Waals surface area (Å²) in [6.45, 7) is 26.0. The standard InChI is InChI=1S/C32H56N2O4/c1-14-32(15-2,16-3)29(36)34-26-24(23(19(4)5)27(33-26)37-13)28(35)38-25-21(30(7,8)9)17-20(6)18-22(25)31(10,11)12/h19-22,25,33H,14-18H2,1-13H3,(H,34,36). The van der Waals surface area contributed by atoms with Gasteiger partial charge < -0.3 is 19.8 Å². The van der Waals surface area contributed by atoms with E-state index in [0.717, 1.165) is 37.7 Å². The molecule has 2 rings (SSSR count). The molecule has 1 aliphatic rings. The van der Waals surface area contributed by atoms with E-state index in [0.29, 0.717) is 23.2 Å². The topological polar surface area (TPSA) is 80.4 Å². The molecule has 2 unspecified atom stereocenters. The maximum absolute atomic E-state index is 14.2. The number of hydrogen-bond donors (Lipinski definition) is 2. The second-order valence-electron chi connectivity index (χ2n) is 14.2. The van der Waals surface area contributed by atoms with E-state index in [1.807, 2.05) is 34.6 Å². The number of methoxy groups -OCH3 is 1. The van der Waals surface area contributed by atoms with Crippen molar-refractivity contribution in [2.24, 2.45) is 34.0 Å². The third-order valence-electron chi connectivity index (χ3n) is 9.31. The zero-order chi connectivity index (χ0) is 29.2. The molecule has 1 heterocycles. The van der Waals surface area contributed by atoms with Gasteiger partial charge in [0.05, 0.1) is 7.11 Å². The SMILES string of the molecule is CCC(CC)(CC)C(=O)Nc1[nH]c(OC)c(C(C)C)c1C(=O)OC1C(C(C)(C)C)CC(C)CC1C(C)(C)C. The first-order chi connectivity index (χ1) is 17.5. The Kier molecular flexibility index (Phi) is 10.2. The third kappa shape index (κ3) is 6.59. The van der Waals surface area contributed by atoms with E-state index in [1.165, 1.54) is 0 Å². The number of carbonyl (C=O) groups is 2. The third-order valence-corrected chi connectivity index (χ3v) is 9.31. The van der Waals surface area contributed by atoms with Crippen LogP contribution in [0.2, 0.25) is 0 Å². The van der Waals surface area contributed by atoms with E-state index in [9.17, 15) is 9.59 Å². The van der Waals surface area contributed by atoms with Crippen LogP contribution < -0.4 is 10.1 Å². The van der Waals surface area contributed by atoms with Gasteiger partial charge in [-0.3, -0.25) is 4.79 Å². The quantitative estimate of drug-likeness (QED) is 0.312. The van der Waals surface area contributed by atoms with E-state index in [2.05, 4.69) is 58.8 Å². The number of H-pyrrole nitrogens is 1. The highest BCUT2D eigenvalue weighted by atomic mass is 16.5. The minimum absolute atomic E-state index is 0.00844. The molecule has 1 aliphatic carbocycles. The van der Waals surface area contributed by atoms with Crippen LogP contribution in [0.25, 0.3) is 0 Å². The summed E-state index contributed by atoms with van der Waals surface area (Å²) < 4.78 is 12.2. The molecular weight excluding hydrogens is 476 g/mol. The maximum Gasteiger partial charge on any atom is 0.342 e. The fourth-order valence-electron chi connectivity index (χ4n) is 6.54. The number of aromatic amines is 1. The van der Waals surface area contributed by atoms with E-state index < -0.39 is 5.41 Å². The van der Waals surface area contributed by atoms with Gasteiger partial charge >= 0.3 is 5.97 Å². The minimum atomic E-state index is -0.494. The van der Waals surface area contributed by atoms with Crippen LogP contribution >= 0.6 is 0 Å². The predicted molar refractivity (Wildman–Crippen MR) is 157 cm³/mol. The summed E-state index contributed by atoms with van der Waals surface area (Å²) in [6.07, 6.45) is 4.00. The molecule has 0 radical (unpaired) electrons. The van der Waals surface area contributed by atoms with Crippen LogP contribution in [-0.4, -0.2) is 30.1 Å². The lowest BCUT2D eigenvalue weighted by molar-refractivity contribution is -0.126. The Balaban J connectivity index is 2.62. The van der Waals surface area contributed by atoms with E-state index >= 15 is 0 Å². The minimum Gasteiger partial charge on any atom is -0.482 e. The molecule has 2 N–H and O–H groups in total. The number of amides is 1. The molecule has 2 atom stereocenters. The van der Waals surface area contributed by atoms with E-state index in [1.54, 1.807) is 7.11 Å². The van der Waals surface area contributed by atoms with Gasteiger partial charge in [0, 0.05) is 22.8 Å². The van der Waals surface area contributed by atoms with Gasteiger partial charge in [-0.25, -0.2) is 4.79 Å². The van der Waals surface area contributed by atoms with Crippen molar-refractivity contribution in [3.05, 3.63) is 11.1 Å². The number of aromatic nitrogens is 1. The van der Waals surface area contributed by atoms with Crippen molar-refractivity contribution in [1.82, 2.24) is 4.98 Å². The average Bonchev–Trinajstić information content (AvgIpc) is 3.18. The number of esters is 1. The van der Waals surface area contributed by atoms with Gasteiger partial charge in [0.25, 0.3) is 0 Å². The van der Waals surface area contributed by atoms with Crippen LogP contribution in [0.1, 0.15) is 137 Å². The van der Waals surface area contributed by atoms with E-state index in [-0.39, 0.29) is 46.6 Å². The molecule has 0 spiro atoms. The van der Waals surface area contributed by atoms with Gasteiger partial charge in [0.1, 0.15) is 17.5 Å². The monoisotopic (exact) mass is 532 g/mol. The van der Waals surface area contributed by atoms with Crippen LogP contribution in [0.15, 0.2) is 0 Å². The first-order valence-corrected chi connectivity index (χ1v) is 14.8. The van der Waals surface area contributed by atoms with Crippen molar-refractivity contribution in [2.45, 2.75) is 127 Å². The molecule has 0 aliphatic heterocycles. The second kappa shape index (κ2) is 12.0. The molecular formula is C32H56N2O4. The predicted octanol–water partition coefficient (Wildman–Crippen LogP) is 8.58. The molecule has 1 aromatic rings. The fourth-order valence-corrected chi connectivity index (χ4v) is 6.54. The van der Waals surface area contributed by atoms with Crippen LogP contribution in [-0.2, 0) is 9.53 Å². The van der Waals surface area contributed by atoms with Gasteiger partial charge in [-0.2, -0.15) is 0 Å². The van der Waals surface area contributed by atoms with E-state index in [4.69, 9.17) is 9.47 Å². The normalized spacial score (nSPS) is 22.9. The molecule has 38 heavy (non-hydrogen) atoms. The molecule has 1 aromatic heterocycles. The molecule has 0 saturated heterocycles. The Bertz CT molecular complexity index is 927. The lowest BCUT2D eigenvalue weighted by atomic mass is 9.59. The number of anilines is 1. The summed E-state index contributed by atoms with van der Waals surface area (Å²) in [7, 11) is 1.58. The lowest BCUT2D eigenvalue weighted by Crippen LogP contribution is -2.49.